The van der Waals surface area contributed by atoms with Gasteiger partial charge < -0.3 is 10.1 Å². The summed E-state index contributed by atoms with van der Waals surface area (Å²) in [6.45, 7) is 0.402. The first-order valence-corrected chi connectivity index (χ1v) is 6.54. The predicted octanol–water partition coefficient (Wildman–Crippen LogP) is 3.25. The molecule has 1 unspecified atom stereocenters. The van der Waals surface area contributed by atoms with Gasteiger partial charge in [-0.1, -0.05) is 0 Å². The largest absolute Gasteiger partial charge is 0.488 e. The highest BCUT2D eigenvalue weighted by atomic mass is 19.1. The summed E-state index contributed by atoms with van der Waals surface area (Å²) in [6, 6.07) is 10.6. The van der Waals surface area contributed by atoms with E-state index in [9.17, 15) is 8.78 Å². The van der Waals surface area contributed by atoms with Crippen molar-refractivity contribution in [3.8, 4) is 11.8 Å². The van der Waals surface area contributed by atoms with Crippen LogP contribution < -0.4 is 10.1 Å². The van der Waals surface area contributed by atoms with Crippen molar-refractivity contribution in [2.24, 2.45) is 0 Å². The van der Waals surface area contributed by atoms with E-state index in [4.69, 9.17) is 10.00 Å². The van der Waals surface area contributed by atoms with Gasteiger partial charge in [0.1, 0.15) is 23.5 Å². The van der Waals surface area contributed by atoms with E-state index in [1.807, 2.05) is 6.07 Å². The molecule has 0 saturated heterocycles. The second-order valence-electron chi connectivity index (χ2n) is 4.88. The molecule has 0 spiro atoms. The summed E-state index contributed by atoms with van der Waals surface area (Å²) < 4.78 is 32.5. The predicted molar refractivity (Wildman–Crippen MR) is 74.1 cm³/mol. The maximum atomic E-state index is 13.7. The van der Waals surface area contributed by atoms with E-state index in [0.29, 0.717) is 24.4 Å². The lowest BCUT2D eigenvalue weighted by atomic mass is 10.1. The minimum atomic E-state index is -0.476. The molecule has 0 fully saturated rings. The molecule has 2 aromatic rings. The van der Waals surface area contributed by atoms with Crippen LogP contribution in [0.5, 0.6) is 5.75 Å². The van der Waals surface area contributed by atoms with Gasteiger partial charge >= 0.3 is 0 Å². The van der Waals surface area contributed by atoms with Crippen LogP contribution in [0.15, 0.2) is 36.4 Å². The number of fused-ring (bicyclic) bond motifs is 1. The Balaban J connectivity index is 1.64. The molecule has 0 saturated carbocycles. The van der Waals surface area contributed by atoms with Crippen LogP contribution in [0.2, 0.25) is 0 Å². The number of nitriles is 1. The molecule has 3 nitrogen and oxygen atoms in total. The van der Waals surface area contributed by atoms with Crippen LogP contribution in [0.3, 0.4) is 0 Å². The van der Waals surface area contributed by atoms with E-state index in [0.717, 1.165) is 5.56 Å². The Hall–Kier alpha value is -2.61. The molecule has 0 bridgehead atoms. The SMILES string of the molecule is N#Cc1ccc(NCC2Cc3cc(F)ccc3O2)c(F)c1. The summed E-state index contributed by atoms with van der Waals surface area (Å²) in [5.41, 5.74) is 1.42. The first kappa shape index (κ1) is 13.4. The lowest BCUT2D eigenvalue weighted by Crippen LogP contribution is -2.24. The van der Waals surface area contributed by atoms with Crippen LogP contribution in [0.25, 0.3) is 0 Å². The number of nitrogens with one attached hydrogen (secondary N) is 1. The van der Waals surface area contributed by atoms with Gasteiger partial charge in [0.25, 0.3) is 0 Å². The number of benzene rings is 2. The Morgan fingerprint density at radius 2 is 2.10 bits per heavy atom. The van der Waals surface area contributed by atoms with E-state index in [1.165, 1.54) is 24.3 Å². The molecule has 0 amide bonds. The van der Waals surface area contributed by atoms with Crippen molar-refractivity contribution in [1.29, 1.82) is 5.26 Å². The summed E-state index contributed by atoms with van der Waals surface area (Å²) in [5, 5.41) is 11.6. The molecule has 2 aromatic carbocycles. The second-order valence-corrected chi connectivity index (χ2v) is 4.88. The van der Waals surface area contributed by atoms with Crippen LogP contribution in [0, 0.1) is 23.0 Å². The molecular formula is C16H12F2N2O. The molecule has 3 rings (SSSR count). The third kappa shape index (κ3) is 2.79. The van der Waals surface area contributed by atoms with Crippen molar-refractivity contribution >= 4 is 5.69 Å². The van der Waals surface area contributed by atoms with Gasteiger partial charge in [-0.2, -0.15) is 5.26 Å². The highest BCUT2D eigenvalue weighted by Gasteiger charge is 2.23. The second kappa shape index (κ2) is 5.41. The Morgan fingerprint density at radius 1 is 1.24 bits per heavy atom. The third-order valence-electron chi connectivity index (χ3n) is 3.38. The monoisotopic (exact) mass is 286 g/mol. The highest BCUT2D eigenvalue weighted by Crippen LogP contribution is 2.29. The lowest BCUT2D eigenvalue weighted by molar-refractivity contribution is 0.246. The summed E-state index contributed by atoms with van der Waals surface area (Å²) >= 11 is 0. The van der Waals surface area contributed by atoms with Gasteiger partial charge in [-0.3, -0.25) is 0 Å². The first-order valence-electron chi connectivity index (χ1n) is 6.54. The van der Waals surface area contributed by atoms with Gasteiger partial charge in [0, 0.05) is 12.0 Å². The average molecular weight is 286 g/mol. The van der Waals surface area contributed by atoms with Crippen molar-refractivity contribution < 1.29 is 13.5 Å². The molecule has 1 aliphatic rings. The van der Waals surface area contributed by atoms with Crippen molar-refractivity contribution in [2.75, 3.05) is 11.9 Å². The van der Waals surface area contributed by atoms with Gasteiger partial charge in [0.2, 0.25) is 0 Å². The van der Waals surface area contributed by atoms with E-state index in [2.05, 4.69) is 5.32 Å². The number of hydrogen-bond acceptors (Lipinski definition) is 3. The molecule has 0 aromatic heterocycles. The number of nitrogens with zero attached hydrogens (tertiary/aromatic N) is 1. The molecule has 1 N–H and O–H groups in total. The van der Waals surface area contributed by atoms with Gasteiger partial charge in [-0.25, -0.2) is 8.78 Å². The number of rotatable bonds is 3. The maximum Gasteiger partial charge on any atom is 0.147 e. The zero-order chi connectivity index (χ0) is 14.8. The first-order chi connectivity index (χ1) is 10.2. The minimum absolute atomic E-state index is 0.170. The Kier molecular flexibility index (Phi) is 3.44. The minimum Gasteiger partial charge on any atom is -0.488 e. The number of ether oxygens (including phenoxy) is 1. The van der Waals surface area contributed by atoms with Crippen molar-refractivity contribution in [3.05, 3.63) is 59.2 Å². The van der Waals surface area contributed by atoms with Gasteiger partial charge in [0.15, 0.2) is 0 Å². The summed E-state index contributed by atoms with van der Waals surface area (Å²) in [6.07, 6.45) is 0.412. The van der Waals surface area contributed by atoms with E-state index >= 15 is 0 Å². The molecule has 21 heavy (non-hydrogen) atoms. The van der Waals surface area contributed by atoms with Crippen LogP contribution in [0.4, 0.5) is 14.5 Å². The lowest BCUT2D eigenvalue weighted by Gasteiger charge is -2.13. The molecule has 0 aliphatic carbocycles. The van der Waals surface area contributed by atoms with E-state index < -0.39 is 5.82 Å². The van der Waals surface area contributed by atoms with E-state index in [-0.39, 0.29) is 17.5 Å². The summed E-state index contributed by atoms with van der Waals surface area (Å²) in [4.78, 5) is 0. The quantitative estimate of drug-likeness (QED) is 0.942. The fourth-order valence-corrected chi connectivity index (χ4v) is 2.35. The van der Waals surface area contributed by atoms with Crippen LogP contribution in [0.1, 0.15) is 11.1 Å². The third-order valence-corrected chi connectivity index (χ3v) is 3.38. The summed E-state index contributed by atoms with van der Waals surface area (Å²) in [5.74, 6) is -0.0943. The zero-order valence-corrected chi connectivity index (χ0v) is 11.1. The molecule has 0 radical (unpaired) electrons. The average Bonchev–Trinajstić information content (AvgIpc) is 2.87. The molecule has 1 atom stereocenters. The molecular weight excluding hydrogens is 274 g/mol. The zero-order valence-electron chi connectivity index (χ0n) is 11.1. The van der Waals surface area contributed by atoms with Crippen molar-refractivity contribution in [1.82, 2.24) is 0 Å². The van der Waals surface area contributed by atoms with Gasteiger partial charge in [-0.05, 0) is 36.4 Å². The Labute approximate surface area is 120 Å². The fourth-order valence-electron chi connectivity index (χ4n) is 2.35. The molecule has 5 heteroatoms. The summed E-state index contributed by atoms with van der Waals surface area (Å²) in [7, 11) is 0. The van der Waals surface area contributed by atoms with Crippen molar-refractivity contribution in [2.45, 2.75) is 12.5 Å². The number of hydrogen-bond donors (Lipinski definition) is 1. The van der Waals surface area contributed by atoms with E-state index in [1.54, 1.807) is 12.1 Å². The van der Waals surface area contributed by atoms with Gasteiger partial charge in [0.05, 0.1) is 23.9 Å². The molecule has 1 aliphatic heterocycles. The van der Waals surface area contributed by atoms with Crippen molar-refractivity contribution in [3.63, 3.8) is 0 Å². The normalized spacial score (nSPS) is 16.0. The number of halogens is 2. The Morgan fingerprint density at radius 3 is 2.86 bits per heavy atom. The van der Waals surface area contributed by atoms with Gasteiger partial charge in [-0.15, -0.1) is 0 Å². The fraction of sp³-hybridized carbons (Fsp3) is 0.188. The van der Waals surface area contributed by atoms with Crippen LogP contribution in [-0.4, -0.2) is 12.6 Å². The topological polar surface area (TPSA) is 45.0 Å². The van der Waals surface area contributed by atoms with Crippen LogP contribution >= 0.6 is 0 Å². The molecule has 106 valence electrons. The molecule has 1 heterocycles. The maximum absolute atomic E-state index is 13.7. The Bertz CT molecular complexity index is 725. The highest BCUT2D eigenvalue weighted by molar-refractivity contribution is 5.49. The standard InChI is InChI=1S/C16H12F2N2O/c17-12-2-4-16-11(6-12)7-13(21-16)9-20-15-3-1-10(8-19)5-14(15)18/h1-6,13,20H,7,9H2. The number of anilines is 1. The smallest absolute Gasteiger partial charge is 0.147 e. The van der Waals surface area contributed by atoms with Crippen LogP contribution in [-0.2, 0) is 6.42 Å².